The van der Waals surface area contributed by atoms with E-state index in [4.69, 9.17) is 10.5 Å². The highest BCUT2D eigenvalue weighted by molar-refractivity contribution is 5.48. The summed E-state index contributed by atoms with van der Waals surface area (Å²) in [6.45, 7) is 2.05. The van der Waals surface area contributed by atoms with Crippen LogP contribution in [0.1, 0.15) is 18.4 Å². The second-order valence-corrected chi connectivity index (χ2v) is 6.25. The van der Waals surface area contributed by atoms with E-state index in [1.807, 2.05) is 25.1 Å². The van der Waals surface area contributed by atoms with Gasteiger partial charge in [-0.3, -0.25) is 0 Å². The number of fused-ring (bicyclic) bond motifs is 1. The van der Waals surface area contributed by atoms with Crippen molar-refractivity contribution in [2.45, 2.75) is 19.8 Å². The molecular weight excluding hydrogens is 246 g/mol. The molecular formula is C18H19NO. The Morgan fingerprint density at radius 1 is 1.30 bits per heavy atom. The van der Waals surface area contributed by atoms with Crippen molar-refractivity contribution in [3.8, 4) is 5.75 Å². The van der Waals surface area contributed by atoms with Crippen molar-refractivity contribution in [2.24, 2.45) is 17.3 Å². The van der Waals surface area contributed by atoms with Crippen molar-refractivity contribution < 1.29 is 4.74 Å². The number of nitrogen functional groups attached to an aromatic ring is 1. The van der Waals surface area contributed by atoms with Crippen LogP contribution in [0.25, 0.3) is 0 Å². The molecule has 2 nitrogen and oxygen atoms in total. The van der Waals surface area contributed by atoms with Gasteiger partial charge in [0.2, 0.25) is 0 Å². The zero-order valence-corrected chi connectivity index (χ0v) is 11.7. The quantitative estimate of drug-likeness (QED) is 0.820. The van der Waals surface area contributed by atoms with Crippen LogP contribution in [0.5, 0.6) is 5.75 Å². The molecule has 1 aromatic carbocycles. The van der Waals surface area contributed by atoms with Gasteiger partial charge in [0, 0.05) is 5.69 Å². The summed E-state index contributed by atoms with van der Waals surface area (Å²) in [5.41, 5.74) is 7.79. The number of nitrogens with two attached hydrogens (primary N) is 1. The van der Waals surface area contributed by atoms with Crippen LogP contribution < -0.4 is 10.5 Å². The molecule has 0 aliphatic heterocycles. The lowest BCUT2D eigenvalue weighted by molar-refractivity contribution is 0.257. The average Bonchev–Trinajstić information content (AvgIpc) is 2.95. The van der Waals surface area contributed by atoms with Gasteiger partial charge in [0.25, 0.3) is 0 Å². The summed E-state index contributed by atoms with van der Waals surface area (Å²) in [5.74, 6) is 3.32. The van der Waals surface area contributed by atoms with Gasteiger partial charge in [-0.2, -0.15) is 0 Å². The molecule has 0 saturated heterocycles. The topological polar surface area (TPSA) is 35.2 Å². The lowest BCUT2D eigenvalue weighted by atomic mass is 9.74. The van der Waals surface area contributed by atoms with Crippen LogP contribution in [-0.4, -0.2) is 0 Å². The molecule has 0 amide bonds. The Morgan fingerprint density at radius 3 is 3.05 bits per heavy atom. The summed E-state index contributed by atoms with van der Waals surface area (Å²) in [7, 11) is 0. The van der Waals surface area contributed by atoms with Crippen LogP contribution in [0.4, 0.5) is 5.69 Å². The number of anilines is 1. The largest absolute Gasteiger partial charge is 0.461 e. The normalized spacial score (nSPS) is 33.1. The van der Waals surface area contributed by atoms with Crippen molar-refractivity contribution in [1.29, 1.82) is 0 Å². The third kappa shape index (κ3) is 1.57. The molecule has 1 fully saturated rings. The smallest absolute Gasteiger partial charge is 0.130 e. The summed E-state index contributed by atoms with van der Waals surface area (Å²) in [4.78, 5) is 0. The average molecular weight is 265 g/mol. The fourth-order valence-electron chi connectivity index (χ4n) is 3.97. The highest BCUT2D eigenvalue weighted by Gasteiger charge is 2.53. The van der Waals surface area contributed by atoms with Crippen LogP contribution in [0, 0.1) is 24.2 Å². The predicted molar refractivity (Wildman–Crippen MR) is 81.2 cm³/mol. The van der Waals surface area contributed by atoms with E-state index in [-0.39, 0.29) is 5.41 Å². The summed E-state index contributed by atoms with van der Waals surface area (Å²) < 4.78 is 6.28. The van der Waals surface area contributed by atoms with Crippen molar-refractivity contribution in [1.82, 2.24) is 0 Å². The van der Waals surface area contributed by atoms with E-state index in [1.54, 1.807) is 0 Å². The predicted octanol–water partition coefficient (Wildman–Crippen LogP) is 3.99. The summed E-state index contributed by atoms with van der Waals surface area (Å²) in [6, 6.07) is 5.85. The molecule has 3 unspecified atom stereocenters. The molecule has 3 aliphatic carbocycles. The molecule has 2 heteroatoms. The molecule has 0 radical (unpaired) electrons. The second-order valence-electron chi connectivity index (χ2n) is 6.25. The van der Waals surface area contributed by atoms with E-state index in [2.05, 4.69) is 30.4 Å². The number of aryl methyl sites for hydroxylation is 1. The maximum absolute atomic E-state index is 6.28. The summed E-state index contributed by atoms with van der Waals surface area (Å²) >= 11 is 0. The Morgan fingerprint density at radius 2 is 2.20 bits per heavy atom. The lowest BCUT2D eigenvalue weighted by Gasteiger charge is -2.34. The maximum Gasteiger partial charge on any atom is 0.130 e. The van der Waals surface area contributed by atoms with Gasteiger partial charge in [0.15, 0.2) is 0 Å². The van der Waals surface area contributed by atoms with Crippen molar-refractivity contribution in [2.75, 3.05) is 5.73 Å². The fourth-order valence-corrected chi connectivity index (χ4v) is 3.97. The van der Waals surface area contributed by atoms with Gasteiger partial charge in [0.05, 0.1) is 5.41 Å². The monoisotopic (exact) mass is 265 g/mol. The molecule has 1 aromatic rings. The number of hydrogen-bond acceptors (Lipinski definition) is 2. The Hall–Kier alpha value is -1.96. The standard InChI is InChI=1S/C18H19NO/c1-12-8-15(19)5-6-16(12)20-17-10-13-9-14-4-2-3-7-18(14,17)11-13/h2-8,10,13-14H,9,11,19H2,1H3. The zero-order valence-electron chi connectivity index (χ0n) is 11.7. The molecule has 2 N–H and O–H groups in total. The lowest BCUT2D eigenvalue weighted by Crippen LogP contribution is -2.28. The van der Waals surface area contributed by atoms with Crippen molar-refractivity contribution >= 4 is 5.69 Å². The van der Waals surface area contributed by atoms with Crippen LogP contribution in [0.2, 0.25) is 0 Å². The van der Waals surface area contributed by atoms with Gasteiger partial charge in [0.1, 0.15) is 11.5 Å². The first-order valence-electron chi connectivity index (χ1n) is 7.30. The van der Waals surface area contributed by atoms with E-state index in [0.717, 1.165) is 22.8 Å². The first-order chi connectivity index (χ1) is 9.67. The number of ether oxygens (including phenoxy) is 1. The summed E-state index contributed by atoms with van der Waals surface area (Å²) in [5, 5.41) is 0. The molecule has 102 valence electrons. The Labute approximate surface area is 119 Å². The first kappa shape index (κ1) is 11.8. The number of benzene rings is 1. The highest BCUT2D eigenvalue weighted by Crippen LogP contribution is 2.60. The highest BCUT2D eigenvalue weighted by atomic mass is 16.5. The number of hydrogen-bond donors (Lipinski definition) is 1. The van der Waals surface area contributed by atoms with Gasteiger partial charge >= 0.3 is 0 Å². The second kappa shape index (κ2) is 4.02. The van der Waals surface area contributed by atoms with Gasteiger partial charge in [-0.25, -0.2) is 0 Å². The fraction of sp³-hybridized carbons (Fsp3) is 0.333. The minimum absolute atomic E-state index is 0.104. The van der Waals surface area contributed by atoms with E-state index in [9.17, 15) is 0 Å². The molecule has 0 aromatic heterocycles. The minimum atomic E-state index is 0.104. The summed E-state index contributed by atoms with van der Waals surface area (Å²) in [6.07, 6.45) is 13.8. The molecule has 4 rings (SSSR count). The van der Waals surface area contributed by atoms with Crippen LogP contribution in [-0.2, 0) is 0 Å². The first-order valence-corrected chi connectivity index (χ1v) is 7.30. The molecule has 20 heavy (non-hydrogen) atoms. The minimum Gasteiger partial charge on any atom is -0.461 e. The SMILES string of the molecule is Cc1cc(N)ccc1OC1=CC2CC3C=CC=CC13C2. The van der Waals surface area contributed by atoms with Crippen molar-refractivity contribution in [3.05, 3.63) is 59.9 Å². The van der Waals surface area contributed by atoms with Gasteiger partial charge in [-0.05, 0) is 61.4 Å². The van der Waals surface area contributed by atoms with Crippen LogP contribution >= 0.6 is 0 Å². The molecule has 0 heterocycles. The van der Waals surface area contributed by atoms with Gasteiger partial charge < -0.3 is 10.5 Å². The van der Waals surface area contributed by atoms with E-state index in [1.165, 1.54) is 12.8 Å². The Balaban J connectivity index is 1.68. The molecule has 3 atom stereocenters. The van der Waals surface area contributed by atoms with Gasteiger partial charge in [-0.15, -0.1) is 0 Å². The van der Waals surface area contributed by atoms with Crippen molar-refractivity contribution in [3.63, 3.8) is 0 Å². The number of rotatable bonds is 2. The third-order valence-corrected chi connectivity index (χ3v) is 4.93. The zero-order chi connectivity index (χ0) is 13.7. The molecule has 3 aliphatic rings. The van der Waals surface area contributed by atoms with Gasteiger partial charge in [-0.1, -0.05) is 24.3 Å². The van der Waals surface area contributed by atoms with E-state index >= 15 is 0 Å². The Bertz CT molecular complexity index is 655. The van der Waals surface area contributed by atoms with E-state index in [0.29, 0.717) is 11.8 Å². The molecule has 2 bridgehead atoms. The molecule has 1 saturated carbocycles. The third-order valence-electron chi connectivity index (χ3n) is 4.93. The maximum atomic E-state index is 6.28. The van der Waals surface area contributed by atoms with Crippen LogP contribution in [0.15, 0.2) is 54.3 Å². The number of allylic oxidation sites excluding steroid dienone is 5. The van der Waals surface area contributed by atoms with E-state index < -0.39 is 0 Å². The Kier molecular flexibility index (Phi) is 2.38. The van der Waals surface area contributed by atoms with Crippen LogP contribution in [0.3, 0.4) is 0 Å². The molecule has 1 spiro atoms.